The molecule has 0 saturated heterocycles. The molecule has 0 aliphatic heterocycles. The molecule has 2 atom stereocenters. The Labute approximate surface area is 99.0 Å². The average Bonchev–Trinajstić information content (AvgIpc) is 2.69. The van der Waals surface area contributed by atoms with Gasteiger partial charge in [0, 0.05) is 17.6 Å². The fraction of sp³-hybridized carbons (Fsp3) is 0.600. The molecule has 0 amide bonds. The molecule has 0 fully saturated rings. The van der Waals surface area contributed by atoms with Gasteiger partial charge in [0.2, 0.25) is 0 Å². The van der Waals surface area contributed by atoms with Crippen LogP contribution < -0.4 is 5.32 Å². The molecule has 3 N–H and O–H groups in total. The van der Waals surface area contributed by atoms with Crippen LogP contribution in [0.15, 0.2) is 17.6 Å². The Morgan fingerprint density at radius 2 is 2.50 bits per heavy atom. The zero-order valence-electron chi connectivity index (χ0n) is 9.65. The standard InChI is InChI=1S/C10H17N3O2S/c1-7(16-9-12-4-5-13-9)6-10(2,11-3)8(14)15/h4-5,7,11H,6H2,1-3H3,(H,12,13)(H,14,15). The van der Waals surface area contributed by atoms with E-state index in [9.17, 15) is 4.79 Å². The highest BCUT2D eigenvalue weighted by atomic mass is 32.2. The van der Waals surface area contributed by atoms with Crippen molar-refractivity contribution in [3.8, 4) is 0 Å². The number of aliphatic carboxylic acids is 1. The number of nitrogens with one attached hydrogen (secondary N) is 2. The summed E-state index contributed by atoms with van der Waals surface area (Å²) >= 11 is 1.54. The van der Waals surface area contributed by atoms with E-state index in [-0.39, 0.29) is 5.25 Å². The lowest BCUT2D eigenvalue weighted by Gasteiger charge is -2.26. The SMILES string of the molecule is CNC(C)(CC(C)Sc1ncc[nH]1)C(=O)O. The molecule has 0 radical (unpaired) electrons. The van der Waals surface area contributed by atoms with Crippen molar-refractivity contribution in [3.63, 3.8) is 0 Å². The van der Waals surface area contributed by atoms with Gasteiger partial charge in [-0.2, -0.15) is 0 Å². The van der Waals surface area contributed by atoms with Crippen molar-refractivity contribution in [1.82, 2.24) is 15.3 Å². The van der Waals surface area contributed by atoms with E-state index in [0.717, 1.165) is 5.16 Å². The molecular weight excluding hydrogens is 226 g/mol. The fourth-order valence-corrected chi connectivity index (χ4v) is 2.47. The van der Waals surface area contributed by atoms with Crippen molar-refractivity contribution in [2.75, 3.05) is 7.05 Å². The van der Waals surface area contributed by atoms with Crippen molar-refractivity contribution in [1.29, 1.82) is 0 Å². The number of carboxylic acid groups (broad SMARTS) is 1. The monoisotopic (exact) mass is 243 g/mol. The van der Waals surface area contributed by atoms with Gasteiger partial charge in [-0.25, -0.2) is 4.98 Å². The number of thioether (sulfide) groups is 1. The van der Waals surface area contributed by atoms with E-state index >= 15 is 0 Å². The number of rotatable bonds is 6. The summed E-state index contributed by atoms with van der Waals surface area (Å²) in [6, 6.07) is 0. The van der Waals surface area contributed by atoms with Crippen LogP contribution in [0.4, 0.5) is 0 Å². The van der Waals surface area contributed by atoms with Crippen LogP contribution in [0.3, 0.4) is 0 Å². The van der Waals surface area contributed by atoms with Crippen molar-refractivity contribution in [2.24, 2.45) is 0 Å². The van der Waals surface area contributed by atoms with Gasteiger partial charge < -0.3 is 15.4 Å². The molecule has 5 nitrogen and oxygen atoms in total. The predicted octanol–water partition coefficient (Wildman–Crippen LogP) is 1.34. The third kappa shape index (κ3) is 3.24. The van der Waals surface area contributed by atoms with Gasteiger partial charge in [0.25, 0.3) is 0 Å². The van der Waals surface area contributed by atoms with E-state index in [0.29, 0.717) is 6.42 Å². The van der Waals surface area contributed by atoms with Crippen LogP contribution in [-0.2, 0) is 4.79 Å². The number of nitrogens with zero attached hydrogens (tertiary/aromatic N) is 1. The Morgan fingerprint density at radius 3 is 2.94 bits per heavy atom. The molecule has 6 heteroatoms. The summed E-state index contributed by atoms with van der Waals surface area (Å²) < 4.78 is 0. The molecule has 0 aliphatic carbocycles. The maximum absolute atomic E-state index is 11.1. The maximum atomic E-state index is 11.1. The number of hydrogen-bond donors (Lipinski definition) is 3. The molecule has 16 heavy (non-hydrogen) atoms. The van der Waals surface area contributed by atoms with E-state index in [1.165, 1.54) is 11.8 Å². The van der Waals surface area contributed by atoms with Gasteiger partial charge >= 0.3 is 5.97 Å². The number of aromatic amines is 1. The zero-order valence-corrected chi connectivity index (χ0v) is 10.5. The minimum Gasteiger partial charge on any atom is -0.480 e. The summed E-state index contributed by atoms with van der Waals surface area (Å²) in [5.41, 5.74) is -0.890. The lowest BCUT2D eigenvalue weighted by Crippen LogP contribution is -2.49. The number of H-pyrrole nitrogens is 1. The van der Waals surface area contributed by atoms with Crippen molar-refractivity contribution in [3.05, 3.63) is 12.4 Å². The molecule has 2 unspecified atom stereocenters. The summed E-state index contributed by atoms with van der Waals surface area (Å²) in [5, 5.41) is 12.9. The third-order valence-corrected chi connectivity index (χ3v) is 3.52. The van der Waals surface area contributed by atoms with Crippen LogP contribution in [0.5, 0.6) is 0 Å². The van der Waals surface area contributed by atoms with Crippen LogP contribution in [0.2, 0.25) is 0 Å². The van der Waals surface area contributed by atoms with Crippen molar-refractivity contribution < 1.29 is 9.90 Å². The first-order chi connectivity index (χ1) is 7.48. The molecule has 0 aliphatic rings. The fourth-order valence-electron chi connectivity index (χ4n) is 1.42. The first kappa shape index (κ1) is 13.1. The average molecular weight is 243 g/mol. The lowest BCUT2D eigenvalue weighted by molar-refractivity contribution is -0.144. The summed E-state index contributed by atoms with van der Waals surface area (Å²) in [4.78, 5) is 18.2. The Kier molecular flexibility index (Phi) is 4.37. The predicted molar refractivity (Wildman–Crippen MR) is 63.6 cm³/mol. The first-order valence-corrected chi connectivity index (χ1v) is 5.94. The van der Waals surface area contributed by atoms with Crippen LogP contribution in [-0.4, -0.2) is 38.9 Å². The van der Waals surface area contributed by atoms with Gasteiger partial charge in [0.05, 0.1) is 0 Å². The van der Waals surface area contributed by atoms with Gasteiger partial charge in [-0.05, 0) is 20.4 Å². The smallest absolute Gasteiger partial charge is 0.323 e. The van der Waals surface area contributed by atoms with E-state index in [4.69, 9.17) is 5.11 Å². The second-order valence-corrected chi connectivity index (χ2v) is 5.34. The number of carbonyl (C=O) groups is 1. The molecule has 90 valence electrons. The molecule has 1 heterocycles. The molecule has 1 aromatic rings. The number of aromatic nitrogens is 2. The molecular formula is C10H17N3O2S. The summed E-state index contributed by atoms with van der Waals surface area (Å²) in [6.07, 6.45) is 3.97. The van der Waals surface area contributed by atoms with Gasteiger partial charge in [-0.1, -0.05) is 18.7 Å². The van der Waals surface area contributed by atoms with Crippen LogP contribution in [0, 0.1) is 0 Å². The van der Waals surface area contributed by atoms with E-state index < -0.39 is 11.5 Å². The van der Waals surface area contributed by atoms with E-state index in [2.05, 4.69) is 15.3 Å². The summed E-state index contributed by atoms with van der Waals surface area (Å²) in [5.74, 6) is -0.832. The van der Waals surface area contributed by atoms with Crippen molar-refractivity contribution in [2.45, 2.75) is 36.2 Å². The Hall–Kier alpha value is -1.01. The highest BCUT2D eigenvalue weighted by molar-refractivity contribution is 7.99. The van der Waals surface area contributed by atoms with Gasteiger partial charge in [0.15, 0.2) is 5.16 Å². The van der Waals surface area contributed by atoms with Crippen LogP contribution in [0.25, 0.3) is 0 Å². The number of hydrogen-bond acceptors (Lipinski definition) is 4. The lowest BCUT2D eigenvalue weighted by atomic mass is 9.97. The largest absolute Gasteiger partial charge is 0.480 e. The normalized spacial score (nSPS) is 16.7. The maximum Gasteiger partial charge on any atom is 0.323 e. The van der Waals surface area contributed by atoms with E-state index in [1.807, 2.05) is 6.92 Å². The third-order valence-electron chi connectivity index (χ3n) is 2.51. The topological polar surface area (TPSA) is 78.0 Å². The minimum atomic E-state index is -0.890. The Morgan fingerprint density at radius 1 is 1.81 bits per heavy atom. The van der Waals surface area contributed by atoms with E-state index in [1.54, 1.807) is 26.4 Å². The molecule has 0 spiro atoms. The second kappa shape index (κ2) is 5.36. The van der Waals surface area contributed by atoms with Gasteiger partial charge in [-0.3, -0.25) is 4.79 Å². The molecule has 0 saturated carbocycles. The van der Waals surface area contributed by atoms with Crippen LogP contribution in [0.1, 0.15) is 20.3 Å². The van der Waals surface area contributed by atoms with Crippen molar-refractivity contribution >= 4 is 17.7 Å². The molecule has 1 rings (SSSR count). The highest BCUT2D eigenvalue weighted by Gasteiger charge is 2.33. The number of carboxylic acids is 1. The van der Waals surface area contributed by atoms with Gasteiger partial charge in [-0.15, -0.1) is 0 Å². The molecule has 0 bridgehead atoms. The molecule has 0 aromatic carbocycles. The van der Waals surface area contributed by atoms with Crippen LogP contribution >= 0.6 is 11.8 Å². The summed E-state index contributed by atoms with van der Waals surface area (Å²) in [7, 11) is 1.67. The quantitative estimate of drug-likeness (QED) is 0.657. The zero-order chi connectivity index (χ0) is 12.2. The highest BCUT2D eigenvalue weighted by Crippen LogP contribution is 2.26. The minimum absolute atomic E-state index is 0.166. The number of imidazole rings is 1. The Balaban J connectivity index is 2.56. The summed E-state index contributed by atoms with van der Waals surface area (Å²) in [6.45, 7) is 3.68. The Bertz CT molecular complexity index is 342. The molecule has 1 aromatic heterocycles. The van der Waals surface area contributed by atoms with Gasteiger partial charge in [0.1, 0.15) is 5.54 Å². The second-order valence-electron chi connectivity index (χ2n) is 3.91. The first-order valence-electron chi connectivity index (χ1n) is 5.06. The number of likely N-dealkylation sites (N-methyl/N-ethyl adjacent to an activating group) is 1.